The first-order valence-corrected chi connectivity index (χ1v) is 12.2. The molecule has 9 heteroatoms. The molecule has 1 saturated heterocycles. The largest absolute Gasteiger partial charge is 0.447 e. The summed E-state index contributed by atoms with van der Waals surface area (Å²) in [5.74, 6) is -0.192. The van der Waals surface area contributed by atoms with Crippen molar-refractivity contribution in [2.45, 2.75) is 37.7 Å². The monoisotopic (exact) mass is 449 g/mol. The lowest BCUT2D eigenvalue weighted by Gasteiger charge is -2.32. The Labute approximate surface area is 182 Å². The molecule has 31 heavy (non-hydrogen) atoms. The maximum absolute atomic E-state index is 14.4. The number of hydrogen-bond acceptors (Lipinski definition) is 6. The lowest BCUT2D eigenvalue weighted by Crippen LogP contribution is -2.40. The van der Waals surface area contributed by atoms with Gasteiger partial charge in [-0.1, -0.05) is 0 Å². The molecule has 1 aromatic carbocycles. The smallest absolute Gasteiger partial charge is 0.410 e. The van der Waals surface area contributed by atoms with Crippen molar-refractivity contribution in [1.82, 2.24) is 9.88 Å². The highest BCUT2D eigenvalue weighted by atomic mass is 32.2. The second-order valence-electron chi connectivity index (χ2n) is 8.09. The number of piperidine rings is 1. The summed E-state index contributed by atoms with van der Waals surface area (Å²) in [6, 6.07) is 7.35. The number of aromatic nitrogens is 1. The molecule has 1 amide bonds. The molecule has 0 atom stereocenters. The van der Waals surface area contributed by atoms with E-state index in [0.717, 1.165) is 37.4 Å². The molecule has 1 aliphatic rings. The van der Waals surface area contributed by atoms with E-state index in [1.807, 2.05) is 19.9 Å². The van der Waals surface area contributed by atoms with E-state index >= 15 is 0 Å². The van der Waals surface area contributed by atoms with Gasteiger partial charge in [0.15, 0.2) is 9.84 Å². The van der Waals surface area contributed by atoms with E-state index in [4.69, 9.17) is 4.74 Å². The van der Waals surface area contributed by atoms with Gasteiger partial charge in [0.25, 0.3) is 0 Å². The van der Waals surface area contributed by atoms with Crippen LogP contribution in [-0.2, 0) is 14.6 Å². The number of likely N-dealkylation sites (tertiary alicyclic amines) is 1. The van der Waals surface area contributed by atoms with Crippen LogP contribution in [0.5, 0.6) is 0 Å². The van der Waals surface area contributed by atoms with Crippen molar-refractivity contribution in [3.8, 4) is 11.3 Å². The van der Waals surface area contributed by atoms with Crippen molar-refractivity contribution in [2.75, 3.05) is 31.2 Å². The average molecular weight is 450 g/mol. The quantitative estimate of drug-likeness (QED) is 0.718. The number of sulfone groups is 1. The van der Waals surface area contributed by atoms with Gasteiger partial charge in [-0.3, -0.25) is 4.98 Å². The van der Waals surface area contributed by atoms with Crippen LogP contribution in [0, 0.1) is 11.7 Å². The molecule has 168 valence electrons. The summed E-state index contributed by atoms with van der Waals surface area (Å²) in [6.07, 6.45) is 4.09. The number of amides is 1. The number of pyridine rings is 1. The second-order valence-corrected chi connectivity index (χ2v) is 10.1. The lowest BCUT2D eigenvalue weighted by atomic mass is 9.97. The van der Waals surface area contributed by atoms with E-state index in [-0.39, 0.29) is 22.7 Å². The van der Waals surface area contributed by atoms with Crippen LogP contribution < -0.4 is 5.32 Å². The molecule has 0 bridgehead atoms. The lowest BCUT2D eigenvalue weighted by molar-refractivity contribution is 0.0661. The molecule has 1 N–H and O–H groups in total. The van der Waals surface area contributed by atoms with Gasteiger partial charge in [-0.2, -0.15) is 0 Å². The maximum atomic E-state index is 14.4. The number of halogens is 1. The van der Waals surface area contributed by atoms with Crippen molar-refractivity contribution in [3.63, 3.8) is 0 Å². The number of nitrogens with zero attached hydrogens (tertiary/aromatic N) is 2. The van der Waals surface area contributed by atoms with E-state index in [1.54, 1.807) is 17.2 Å². The highest BCUT2D eigenvalue weighted by Crippen LogP contribution is 2.25. The highest BCUT2D eigenvalue weighted by Gasteiger charge is 2.24. The minimum absolute atomic E-state index is 0.0597. The van der Waals surface area contributed by atoms with Crippen LogP contribution in [0.25, 0.3) is 11.3 Å². The van der Waals surface area contributed by atoms with Crippen molar-refractivity contribution in [2.24, 2.45) is 5.92 Å². The SMILES string of the molecule is CC(C)OC(=O)N1CCC(CNc2ccc(-c3ccc(S(C)(=O)=O)cc3F)nc2)CC1. The zero-order valence-electron chi connectivity index (χ0n) is 18.0. The van der Waals surface area contributed by atoms with Crippen molar-refractivity contribution in [3.05, 3.63) is 42.3 Å². The number of nitrogens with one attached hydrogen (secondary N) is 1. The molecule has 0 saturated carbocycles. The van der Waals surface area contributed by atoms with E-state index in [9.17, 15) is 17.6 Å². The molecule has 7 nitrogen and oxygen atoms in total. The summed E-state index contributed by atoms with van der Waals surface area (Å²) in [5.41, 5.74) is 1.50. The third-order valence-corrected chi connectivity index (χ3v) is 6.32. The van der Waals surface area contributed by atoms with Gasteiger partial charge in [0, 0.05) is 31.5 Å². The summed E-state index contributed by atoms with van der Waals surface area (Å²) in [4.78, 5) is 18.0. The van der Waals surface area contributed by atoms with Gasteiger partial charge in [0.2, 0.25) is 0 Å². The predicted octanol–water partition coefficient (Wildman–Crippen LogP) is 3.96. The third-order valence-electron chi connectivity index (χ3n) is 5.21. The number of anilines is 1. The van der Waals surface area contributed by atoms with Gasteiger partial charge < -0.3 is 15.0 Å². The molecule has 0 spiro atoms. The van der Waals surface area contributed by atoms with Crippen molar-refractivity contribution in [1.29, 1.82) is 0 Å². The molecule has 0 unspecified atom stereocenters. The molecular weight excluding hydrogens is 421 g/mol. The number of ether oxygens (including phenoxy) is 1. The number of hydrogen-bond donors (Lipinski definition) is 1. The summed E-state index contributed by atoms with van der Waals surface area (Å²) in [6.45, 7) is 5.79. The fourth-order valence-electron chi connectivity index (χ4n) is 3.45. The average Bonchev–Trinajstić information content (AvgIpc) is 2.72. The minimum atomic E-state index is -3.46. The Bertz CT molecular complexity index is 1020. The first kappa shape index (κ1) is 23.0. The molecule has 2 aromatic rings. The first-order valence-electron chi connectivity index (χ1n) is 10.3. The molecule has 0 radical (unpaired) electrons. The maximum Gasteiger partial charge on any atom is 0.410 e. The van der Waals surface area contributed by atoms with Crippen LogP contribution in [0.3, 0.4) is 0 Å². The van der Waals surface area contributed by atoms with E-state index < -0.39 is 15.7 Å². The third kappa shape index (κ3) is 6.16. The Kier molecular flexibility index (Phi) is 7.15. The summed E-state index contributed by atoms with van der Waals surface area (Å²) < 4.78 is 42.7. The first-order chi connectivity index (χ1) is 14.6. The Morgan fingerprint density at radius 1 is 1.26 bits per heavy atom. The van der Waals surface area contributed by atoms with Crippen LogP contribution in [0.4, 0.5) is 14.9 Å². The van der Waals surface area contributed by atoms with E-state index in [0.29, 0.717) is 24.7 Å². The zero-order valence-corrected chi connectivity index (χ0v) is 18.8. The van der Waals surface area contributed by atoms with Crippen LogP contribution in [0.15, 0.2) is 41.4 Å². The van der Waals surface area contributed by atoms with Crippen LogP contribution in [0.1, 0.15) is 26.7 Å². The number of rotatable bonds is 6. The standard InChI is InChI=1S/C22H28FN3O4S/c1-15(2)30-22(27)26-10-8-16(9-11-26)13-24-17-4-7-21(25-14-17)19-6-5-18(12-20(19)23)31(3,28)29/h4-7,12,14-16,24H,8-11,13H2,1-3H3. The van der Waals surface area contributed by atoms with Gasteiger partial charge in [0.1, 0.15) is 5.82 Å². The molecule has 3 rings (SSSR count). The summed E-state index contributed by atoms with van der Waals surface area (Å²) in [5, 5.41) is 3.34. The van der Waals surface area contributed by atoms with Crippen LogP contribution in [-0.4, -0.2) is 56.4 Å². The van der Waals surface area contributed by atoms with Gasteiger partial charge in [0.05, 0.1) is 28.6 Å². The zero-order chi connectivity index (χ0) is 22.6. The molecule has 1 aliphatic heterocycles. The molecule has 1 aromatic heterocycles. The Hall–Kier alpha value is -2.68. The van der Waals surface area contributed by atoms with E-state index in [2.05, 4.69) is 10.3 Å². The van der Waals surface area contributed by atoms with Gasteiger partial charge in [-0.05, 0) is 62.9 Å². The second kappa shape index (κ2) is 9.64. The molecular formula is C22H28FN3O4S. The minimum Gasteiger partial charge on any atom is -0.447 e. The predicted molar refractivity (Wildman–Crippen MR) is 117 cm³/mol. The van der Waals surface area contributed by atoms with Crippen molar-refractivity contribution < 1.29 is 22.3 Å². The molecule has 1 fully saturated rings. The van der Waals surface area contributed by atoms with Crippen LogP contribution >= 0.6 is 0 Å². The number of carbonyl (C=O) groups is 1. The van der Waals surface area contributed by atoms with Crippen LogP contribution in [0.2, 0.25) is 0 Å². The Morgan fingerprint density at radius 2 is 1.97 bits per heavy atom. The van der Waals surface area contributed by atoms with E-state index in [1.165, 1.54) is 12.1 Å². The number of benzene rings is 1. The van der Waals surface area contributed by atoms with Gasteiger partial charge >= 0.3 is 6.09 Å². The fraction of sp³-hybridized carbons (Fsp3) is 0.455. The summed E-state index contributed by atoms with van der Waals surface area (Å²) in [7, 11) is -3.46. The van der Waals surface area contributed by atoms with Crippen molar-refractivity contribution >= 4 is 21.6 Å². The Balaban J connectivity index is 1.53. The van der Waals surface area contributed by atoms with Gasteiger partial charge in [-0.25, -0.2) is 17.6 Å². The fourth-order valence-corrected chi connectivity index (χ4v) is 4.08. The normalized spacial score (nSPS) is 15.2. The topological polar surface area (TPSA) is 88.6 Å². The number of carbonyl (C=O) groups excluding carboxylic acids is 1. The molecule has 0 aliphatic carbocycles. The van der Waals surface area contributed by atoms with Gasteiger partial charge in [-0.15, -0.1) is 0 Å². The Morgan fingerprint density at radius 3 is 2.52 bits per heavy atom. The molecule has 2 heterocycles. The highest BCUT2D eigenvalue weighted by molar-refractivity contribution is 7.90. The summed E-state index contributed by atoms with van der Waals surface area (Å²) >= 11 is 0.